The molecule has 23 heavy (non-hydrogen) atoms. The number of benzene rings is 1. The fourth-order valence-electron chi connectivity index (χ4n) is 2.00. The molecule has 0 aliphatic rings. The number of carbonyl (C=O) groups is 1. The van der Waals surface area contributed by atoms with Gasteiger partial charge in [0.15, 0.2) is 0 Å². The van der Waals surface area contributed by atoms with Gasteiger partial charge in [-0.15, -0.1) is 0 Å². The Bertz CT molecular complexity index is 665. The molecule has 1 heterocycles. The van der Waals surface area contributed by atoms with E-state index in [1.54, 1.807) is 24.3 Å². The largest absolute Gasteiger partial charge is 0.471 e. The van der Waals surface area contributed by atoms with Gasteiger partial charge in [0.1, 0.15) is 0 Å². The average Bonchev–Trinajstić information content (AvgIpc) is 2.97. The maximum Gasteiger partial charge on any atom is 0.471 e. The summed E-state index contributed by atoms with van der Waals surface area (Å²) in [6.45, 7) is 3.75. The molecular weight excluding hydrogens is 311 g/mol. The fourth-order valence-corrected chi connectivity index (χ4v) is 2.00. The summed E-state index contributed by atoms with van der Waals surface area (Å²) in [6, 6.07) is 6.39. The van der Waals surface area contributed by atoms with Gasteiger partial charge >= 0.3 is 12.1 Å². The summed E-state index contributed by atoms with van der Waals surface area (Å²) in [6.07, 6.45) is -3.45. The molecule has 1 amide bonds. The molecule has 1 N–H and O–H groups in total. The van der Waals surface area contributed by atoms with Crippen LogP contribution < -0.4 is 5.32 Å². The predicted molar refractivity (Wildman–Crippen MR) is 76.2 cm³/mol. The van der Waals surface area contributed by atoms with Crippen molar-refractivity contribution < 1.29 is 22.5 Å². The molecule has 1 atom stereocenters. The third-order valence-corrected chi connectivity index (χ3v) is 3.19. The normalized spacial score (nSPS) is 12.9. The number of aromatic nitrogens is 2. The highest BCUT2D eigenvalue weighted by atomic mass is 19.4. The molecular formula is C15H16F3N3O2. The van der Waals surface area contributed by atoms with Crippen LogP contribution in [0.1, 0.15) is 44.2 Å². The van der Waals surface area contributed by atoms with Gasteiger partial charge in [0, 0.05) is 12.0 Å². The number of hydrogen-bond acceptors (Lipinski definition) is 4. The topological polar surface area (TPSA) is 68.0 Å². The third kappa shape index (κ3) is 4.30. The lowest BCUT2D eigenvalue weighted by Crippen LogP contribution is -2.26. The molecule has 0 radical (unpaired) electrons. The molecule has 0 aliphatic heterocycles. The first-order chi connectivity index (χ1) is 10.8. The van der Waals surface area contributed by atoms with Gasteiger partial charge in [0.05, 0.1) is 6.04 Å². The lowest BCUT2D eigenvalue weighted by atomic mass is 10.1. The van der Waals surface area contributed by atoms with Gasteiger partial charge in [0.25, 0.3) is 0 Å². The summed E-state index contributed by atoms with van der Waals surface area (Å²) < 4.78 is 41.5. The van der Waals surface area contributed by atoms with E-state index in [2.05, 4.69) is 20.0 Å². The van der Waals surface area contributed by atoms with Crippen molar-refractivity contribution in [3.63, 3.8) is 0 Å². The first-order valence-corrected chi connectivity index (χ1v) is 7.12. The van der Waals surface area contributed by atoms with Crippen LogP contribution in [0, 0.1) is 0 Å². The second kappa shape index (κ2) is 6.80. The summed E-state index contributed by atoms with van der Waals surface area (Å²) in [5, 5.41) is 6.17. The van der Waals surface area contributed by atoms with Crippen LogP contribution >= 0.6 is 0 Å². The number of nitrogens with one attached hydrogen (secondary N) is 1. The Labute approximate surface area is 130 Å². The molecule has 124 valence electrons. The molecule has 1 aromatic heterocycles. The summed E-state index contributed by atoms with van der Waals surface area (Å²) >= 11 is 0. The van der Waals surface area contributed by atoms with Crippen LogP contribution in [0.3, 0.4) is 0 Å². The van der Waals surface area contributed by atoms with Crippen molar-refractivity contribution in [1.29, 1.82) is 0 Å². The predicted octanol–water partition coefficient (Wildman–Crippen LogP) is 3.73. The standard InChI is InChI=1S/C15H16F3N3O2/c1-3-4-12(22)19-9(2)10-5-7-11(8-6-10)13-20-14(23-21-13)15(16,17)18/h5-9H,3-4H2,1-2H3,(H,19,22). The molecule has 0 fully saturated rings. The molecule has 0 spiro atoms. The first-order valence-electron chi connectivity index (χ1n) is 7.12. The second-order valence-electron chi connectivity index (χ2n) is 5.08. The van der Waals surface area contributed by atoms with E-state index in [1.807, 2.05) is 13.8 Å². The van der Waals surface area contributed by atoms with Gasteiger partial charge < -0.3 is 9.84 Å². The molecule has 0 saturated carbocycles. The lowest BCUT2D eigenvalue weighted by molar-refractivity contribution is -0.159. The van der Waals surface area contributed by atoms with Gasteiger partial charge in [-0.1, -0.05) is 36.3 Å². The number of nitrogens with zero attached hydrogens (tertiary/aromatic N) is 2. The number of amides is 1. The van der Waals surface area contributed by atoms with Crippen LogP contribution in [0.5, 0.6) is 0 Å². The van der Waals surface area contributed by atoms with Crippen molar-refractivity contribution in [2.75, 3.05) is 0 Å². The van der Waals surface area contributed by atoms with Crippen LogP contribution in [0.2, 0.25) is 0 Å². The number of alkyl halides is 3. The Balaban J connectivity index is 2.10. The van der Waals surface area contributed by atoms with Gasteiger partial charge in [-0.05, 0) is 18.9 Å². The number of hydrogen-bond donors (Lipinski definition) is 1. The van der Waals surface area contributed by atoms with E-state index in [1.165, 1.54) is 0 Å². The van der Waals surface area contributed by atoms with Gasteiger partial charge in [-0.25, -0.2) is 0 Å². The highest BCUT2D eigenvalue weighted by Gasteiger charge is 2.38. The Morgan fingerprint density at radius 2 is 1.96 bits per heavy atom. The second-order valence-corrected chi connectivity index (χ2v) is 5.08. The molecule has 2 aromatic rings. The van der Waals surface area contributed by atoms with Crippen molar-refractivity contribution in [3.05, 3.63) is 35.7 Å². The van der Waals surface area contributed by atoms with Crippen LogP contribution in [0.4, 0.5) is 13.2 Å². The SMILES string of the molecule is CCCC(=O)NC(C)c1ccc(-c2noc(C(F)(F)F)n2)cc1. The van der Waals surface area contributed by atoms with E-state index in [9.17, 15) is 18.0 Å². The van der Waals surface area contributed by atoms with Crippen molar-refractivity contribution in [3.8, 4) is 11.4 Å². The minimum Gasteiger partial charge on any atom is -0.350 e. The smallest absolute Gasteiger partial charge is 0.350 e. The number of halogens is 3. The quantitative estimate of drug-likeness (QED) is 0.908. The molecule has 0 bridgehead atoms. The summed E-state index contributed by atoms with van der Waals surface area (Å²) in [7, 11) is 0. The molecule has 5 nitrogen and oxygen atoms in total. The number of rotatable bonds is 5. The number of carbonyl (C=O) groups excluding carboxylic acids is 1. The molecule has 0 aliphatic carbocycles. The molecule has 2 rings (SSSR count). The van der Waals surface area contributed by atoms with E-state index >= 15 is 0 Å². The molecule has 8 heteroatoms. The Morgan fingerprint density at radius 3 is 2.48 bits per heavy atom. The van der Waals surface area contributed by atoms with E-state index in [-0.39, 0.29) is 17.8 Å². The zero-order chi connectivity index (χ0) is 17.0. The van der Waals surface area contributed by atoms with Crippen molar-refractivity contribution in [1.82, 2.24) is 15.5 Å². The monoisotopic (exact) mass is 327 g/mol. The van der Waals surface area contributed by atoms with Crippen LogP contribution in [0.15, 0.2) is 28.8 Å². The summed E-state index contributed by atoms with van der Waals surface area (Å²) in [5.74, 6) is -1.56. The van der Waals surface area contributed by atoms with Crippen molar-refractivity contribution >= 4 is 5.91 Å². The molecule has 1 unspecified atom stereocenters. The van der Waals surface area contributed by atoms with Gasteiger partial charge in [0.2, 0.25) is 11.7 Å². The zero-order valence-electron chi connectivity index (χ0n) is 12.6. The highest BCUT2D eigenvalue weighted by Crippen LogP contribution is 2.29. The third-order valence-electron chi connectivity index (χ3n) is 3.19. The molecule has 1 aromatic carbocycles. The van der Waals surface area contributed by atoms with Crippen molar-refractivity contribution in [2.24, 2.45) is 0 Å². The Hall–Kier alpha value is -2.38. The van der Waals surface area contributed by atoms with Crippen LogP contribution in [-0.4, -0.2) is 16.0 Å². The van der Waals surface area contributed by atoms with Gasteiger partial charge in [-0.3, -0.25) is 4.79 Å². The minimum absolute atomic E-state index is 0.0444. The summed E-state index contributed by atoms with van der Waals surface area (Å²) in [5.41, 5.74) is 1.23. The average molecular weight is 327 g/mol. The zero-order valence-corrected chi connectivity index (χ0v) is 12.6. The van der Waals surface area contributed by atoms with Crippen LogP contribution in [-0.2, 0) is 11.0 Å². The maximum atomic E-state index is 12.4. The highest BCUT2D eigenvalue weighted by molar-refractivity contribution is 5.76. The van der Waals surface area contributed by atoms with E-state index in [4.69, 9.17) is 0 Å². The van der Waals surface area contributed by atoms with Crippen molar-refractivity contribution in [2.45, 2.75) is 38.9 Å². The van der Waals surface area contributed by atoms with E-state index in [0.29, 0.717) is 12.0 Å². The fraction of sp³-hybridized carbons (Fsp3) is 0.400. The first kappa shape index (κ1) is 17.0. The molecule has 0 saturated heterocycles. The Kier molecular flexibility index (Phi) is 5.02. The Morgan fingerprint density at radius 1 is 1.30 bits per heavy atom. The van der Waals surface area contributed by atoms with Gasteiger partial charge in [-0.2, -0.15) is 18.2 Å². The summed E-state index contributed by atoms with van der Waals surface area (Å²) in [4.78, 5) is 14.9. The lowest BCUT2D eigenvalue weighted by Gasteiger charge is -2.14. The van der Waals surface area contributed by atoms with E-state index in [0.717, 1.165) is 12.0 Å². The van der Waals surface area contributed by atoms with E-state index < -0.39 is 12.1 Å². The maximum absolute atomic E-state index is 12.4. The van der Waals surface area contributed by atoms with Crippen LogP contribution in [0.25, 0.3) is 11.4 Å². The minimum atomic E-state index is -4.66.